The summed E-state index contributed by atoms with van der Waals surface area (Å²) in [6.45, 7) is 10.2. The number of fused-ring (bicyclic) bond motifs is 4. The molecular formula is C27H40O10. The summed E-state index contributed by atoms with van der Waals surface area (Å²) in [4.78, 5) is 37.5. The molecule has 208 valence electrons. The Labute approximate surface area is 217 Å². The van der Waals surface area contributed by atoms with Crippen LogP contribution >= 0.6 is 0 Å². The number of hydrogen-bond acceptors (Lipinski definition) is 10. The second-order valence-corrected chi connectivity index (χ2v) is 12.3. The Morgan fingerprint density at radius 1 is 1.11 bits per heavy atom. The first kappa shape index (κ1) is 28.2. The number of Topliss-reactive ketones (excluding diaryl/α,β-unsaturated/α-hetero) is 1. The van der Waals surface area contributed by atoms with E-state index in [-0.39, 0.29) is 37.2 Å². The zero-order chi connectivity index (χ0) is 27.9. The first-order valence-corrected chi connectivity index (χ1v) is 12.9. The monoisotopic (exact) mass is 524 g/mol. The number of hydrogen-bond donors (Lipinski definition) is 4. The Balaban J connectivity index is 2.12. The van der Waals surface area contributed by atoms with Crippen molar-refractivity contribution in [3.8, 4) is 0 Å². The molecule has 3 fully saturated rings. The van der Waals surface area contributed by atoms with Gasteiger partial charge in [0.25, 0.3) is 0 Å². The van der Waals surface area contributed by atoms with E-state index in [9.17, 15) is 34.8 Å². The highest BCUT2D eigenvalue weighted by Gasteiger charge is 2.78. The maximum absolute atomic E-state index is 12.7. The van der Waals surface area contributed by atoms with Crippen molar-refractivity contribution in [3.05, 3.63) is 11.1 Å². The summed E-state index contributed by atoms with van der Waals surface area (Å²) >= 11 is 0. The summed E-state index contributed by atoms with van der Waals surface area (Å²) in [7, 11) is 0. The van der Waals surface area contributed by atoms with E-state index in [2.05, 4.69) is 0 Å². The molecule has 0 radical (unpaired) electrons. The molecule has 0 unspecified atom stereocenters. The third-order valence-electron chi connectivity index (χ3n) is 9.82. The second kappa shape index (κ2) is 8.84. The van der Waals surface area contributed by atoms with E-state index in [0.717, 1.165) is 0 Å². The molecule has 1 aliphatic heterocycles. The minimum Gasteiger partial charge on any atom is -0.461 e. The van der Waals surface area contributed by atoms with Crippen molar-refractivity contribution in [2.75, 3.05) is 6.61 Å². The lowest BCUT2D eigenvalue weighted by Crippen LogP contribution is -2.77. The van der Waals surface area contributed by atoms with E-state index in [0.29, 0.717) is 5.57 Å². The number of aliphatic hydroxyl groups is 4. The Morgan fingerprint density at radius 2 is 1.73 bits per heavy atom. The third-order valence-corrected chi connectivity index (χ3v) is 9.82. The van der Waals surface area contributed by atoms with Gasteiger partial charge < -0.3 is 39.4 Å². The van der Waals surface area contributed by atoms with E-state index in [4.69, 9.17) is 14.2 Å². The van der Waals surface area contributed by atoms with Gasteiger partial charge in [-0.1, -0.05) is 6.92 Å². The maximum Gasteiger partial charge on any atom is 0.303 e. The fourth-order valence-electron chi connectivity index (χ4n) is 8.22. The average molecular weight is 525 g/mol. The molecule has 4 aliphatic rings. The molecule has 37 heavy (non-hydrogen) atoms. The molecule has 0 aromatic heterocycles. The van der Waals surface area contributed by atoms with Crippen molar-refractivity contribution in [3.63, 3.8) is 0 Å². The van der Waals surface area contributed by atoms with Crippen LogP contribution in [0.15, 0.2) is 11.1 Å². The van der Waals surface area contributed by atoms with Gasteiger partial charge in [0.15, 0.2) is 5.60 Å². The number of rotatable bonds is 5. The topological polar surface area (TPSA) is 160 Å². The van der Waals surface area contributed by atoms with E-state index in [1.165, 1.54) is 34.6 Å². The van der Waals surface area contributed by atoms with Gasteiger partial charge in [-0.25, -0.2) is 0 Å². The molecule has 4 rings (SSSR count). The van der Waals surface area contributed by atoms with Crippen LogP contribution in [0.25, 0.3) is 0 Å². The summed E-state index contributed by atoms with van der Waals surface area (Å²) < 4.78 is 17.9. The van der Waals surface area contributed by atoms with Crippen LogP contribution in [0.5, 0.6) is 0 Å². The van der Waals surface area contributed by atoms with Crippen molar-refractivity contribution in [1.29, 1.82) is 0 Å². The summed E-state index contributed by atoms with van der Waals surface area (Å²) in [5.41, 5.74) is -5.31. The fraction of sp³-hybridized carbons (Fsp3) is 0.815. The highest BCUT2D eigenvalue weighted by molar-refractivity contribution is 5.76. The molecule has 1 heterocycles. The zero-order valence-corrected chi connectivity index (χ0v) is 22.6. The first-order valence-electron chi connectivity index (χ1n) is 12.9. The Morgan fingerprint density at radius 3 is 2.19 bits per heavy atom. The average Bonchev–Trinajstić information content (AvgIpc) is 2.99. The molecule has 10 atom stereocenters. The van der Waals surface area contributed by atoms with E-state index in [1.54, 1.807) is 13.8 Å². The summed E-state index contributed by atoms with van der Waals surface area (Å²) in [6.07, 6.45) is -5.82. The molecule has 4 N–H and O–H groups in total. The van der Waals surface area contributed by atoms with Gasteiger partial charge in [-0.05, 0) is 57.6 Å². The van der Waals surface area contributed by atoms with Gasteiger partial charge in [0.2, 0.25) is 0 Å². The molecule has 0 aromatic carbocycles. The van der Waals surface area contributed by atoms with Crippen LogP contribution in [0, 0.1) is 22.7 Å². The van der Waals surface area contributed by atoms with E-state index >= 15 is 0 Å². The van der Waals surface area contributed by atoms with Gasteiger partial charge in [0, 0.05) is 25.7 Å². The van der Waals surface area contributed by atoms with Gasteiger partial charge in [0.1, 0.15) is 24.1 Å². The predicted octanol–water partition coefficient (Wildman–Crippen LogP) is 0.814. The molecule has 3 aliphatic carbocycles. The van der Waals surface area contributed by atoms with E-state index in [1.807, 2.05) is 0 Å². The molecule has 1 saturated heterocycles. The lowest BCUT2D eigenvalue weighted by Gasteiger charge is -2.66. The van der Waals surface area contributed by atoms with Crippen LogP contribution in [0.1, 0.15) is 67.7 Å². The number of esters is 2. The molecule has 10 heteroatoms. The number of aliphatic hydroxyl groups excluding tert-OH is 3. The van der Waals surface area contributed by atoms with Crippen molar-refractivity contribution in [1.82, 2.24) is 0 Å². The molecule has 0 bridgehead atoms. The minimum atomic E-state index is -1.67. The van der Waals surface area contributed by atoms with Gasteiger partial charge >= 0.3 is 11.9 Å². The normalized spacial score (nSPS) is 45.1. The Kier molecular flexibility index (Phi) is 6.73. The lowest BCUT2D eigenvalue weighted by molar-refractivity contribution is -0.346. The smallest absolute Gasteiger partial charge is 0.303 e. The number of carbonyl (C=O) groups excluding carboxylic acids is 3. The van der Waals surface area contributed by atoms with Crippen molar-refractivity contribution in [2.24, 2.45) is 22.7 Å². The maximum atomic E-state index is 12.7. The molecule has 0 aromatic rings. The van der Waals surface area contributed by atoms with Crippen LogP contribution in [0.4, 0.5) is 0 Å². The van der Waals surface area contributed by atoms with Gasteiger partial charge in [-0.15, -0.1) is 0 Å². The third kappa shape index (κ3) is 3.74. The zero-order valence-electron chi connectivity index (χ0n) is 22.6. The summed E-state index contributed by atoms with van der Waals surface area (Å²) in [5.74, 6) is -2.94. The molecule has 10 nitrogen and oxygen atoms in total. The van der Waals surface area contributed by atoms with Crippen molar-refractivity contribution >= 4 is 17.7 Å². The molecule has 0 spiro atoms. The second-order valence-electron chi connectivity index (χ2n) is 12.3. The van der Waals surface area contributed by atoms with Crippen LogP contribution < -0.4 is 0 Å². The van der Waals surface area contributed by atoms with Gasteiger partial charge in [-0.2, -0.15) is 0 Å². The predicted molar refractivity (Wildman–Crippen MR) is 129 cm³/mol. The van der Waals surface area contributed by atoms with E-state index < -0.39 is 76.3 Å². The van der Waals surface area contributed by atoms with Gasteiger partial charge in [-0.3, -0.25) is 9.59 Å². The summed E-state index contributed by atoms with van der Waals surface area (Å²) in [6, 6.07) is 0. The highest BCUT2D eigenvalue weighted by Crippen LogP contribution is 2.69. The van der Waals surface area contributed by atoms with Crippen LogP contribution in [-0.4, -0.2) is 86.5 Å². The number of carbonyl (C=O) groups is 3. The standard InChI is InChI=1S/C27H40O10/c1-12(28)8-16-9-18-27(11-35-18,37-15(4)30)21-23(36-14(3)29)26(24(5,6)34)10-17(31)13(2)19(26)20(32)22(33)25(16,21)7/h16-18,20-23,31-34H,8-11H2,1-7H3/t16-,17-,18+,20+,21-,22-,23-,25+,26-,27-/m0/s1. The SMILES string of the molecule is CC(=O)C[C@H]1C[C@H]2OC[C@@]2(OC(C)=O)[C@H]2[C@H](OC(C)=O)[C@]3(C(C)(C)O)C[C@H](O)C(C)=C3[C@@H](O)[C@H](O)[C@]12C. The Bertz CT molecular complexity index is 1030. The highest BCUT2D eigenvalue weighted by atomic mass is 16.6. The fourth-order valence-corrected chi connectivity index (χ4v) is 8.22. The summed E-state index contributed by atoms with van der Waals surface area (Å²) in [5, 5.41) is 46.5. The van der Waals surface area contributed by atoms with Crippen molar-refractivity contribution in [2.45, 2.75) is 109 Å². The minimum absolute atomic E-state index is 0.0482. The number of ether oxygens (including phenoxy) is 3. The van der Waals surface area contributed by atoms with Crippen LogP contribution in [0.3, 0.4) is 0 Å². The largest absolute Gasteiger partial charge is 0.461 e. The van der Waals surface area contributed by atoms with Crippen LogP contribution in [0.2, 0.25) is 0 Å². The van der Waals surface area contributed by atoms with Crippen LogP contribution in [-0.2, 0) is 28.6 Å². The Hall–Kier alpha value is -1.85. The molecule has 0 amide bonds. The molecule has 2 saturated carbocycles. The number of ketones is 1. The lowest BCUT2D eigenvalue weighted by atomic mass is 9.47. The molecular weight excluding hydrogens is 484 g/mol. The quantitative estimate of drug-likeness (QED) is 0.299. The first-order chi connectivity index (χ1) is 16.9. The van der Waals surface area contributed by atoms with Gasteiger partial charge in [0.05, 0.1) is 35.7 Å². The van der Waals surface area contributed by atoms with Crippen molar-refractivity contribution < 1.29 is 49.0 Å².